The Bertz CT molecular complexity index is 259. The Morgan fingerprint density at radius 3 is 2.24 bits per heavy atom. The molecule has 0 heterocycles. The molecule has 0 radical (unpaired) electrons. The van der Waals surface area contributed by atoms with E-state index in [4.69, 9.17) is 0 Å². The number of carbonyl (C=O) groups excluding carboxylic acids is 1. The van der Waals surface area contributed by atoms with Crippen LogP contribution in [0.4, 0.5) is 0 Å². The van der Waals surface area contributed by atoms with Crippen molar-refractivity contribution in [3.63, 3.8) is 0 Å². The van der Waals surface area contributed by atoms with Crippen molar-refractivity contribution in [2.45, 2.75) is 66.0 Å². The Labute approximate surface area is 106 Å². The SMILES string of the molecule is CCC(C)NC(=O)C(C)NCC1(C(C)C)CC1. The molecular weight excluding hydrogens is 212 g/mol. The van der Waals surface area contributed by atoms with Crippen molar-refractivity contribution in [1.82, 2.24) is 10.6 Å². The van der Waals surface area contributed by atoms with E-state index in [2.05, 4.69) is 31.4 Å². The normalized spacial score (nSPS) is 21.1. The molecule has 2 N–H and O–H groups in total. The van der Waals surface area contributed by atoms with Crippen molar-refractivity contribution >= 4 is 5.91 Å². The number of carbonyl (C=O) groups is 1. The van der Waals surface area contributed by atoms with Crippen molar-refractivity contribution in [3.8, 4) is 0 Å². The first-order chi connectivity index (χ1) is 7.91. The maximum Gasteiger partial charge on any atom is 0.237 e. The summed E-state index contributed by atoms with van der Waals surface area (Å²) >= 11 is 0. The molecule has 2 atom stereocenters. The molecule has 1 aliphatic carbocycles. The third kappa shape index (κ3) is 3.98. The fourth-order valence-electron chi connectivity index (χ4n) is 2.04. The molecule has 1 fully saturated rings. The number of amides is 1. The van der Waals surface area contributed by atoms with Gasteiger partial charge in [-0.15, -0.1) is 0 Å². The van der Waals surface area contributed by atoms with Crippen LogP contribution < -0.4 is 10.6 Å². The van der Waals surface area contributed by atoms with Gasteiger partial charge in [-0.25, -0.2) is 0 Å². The van der Waals surface area contributed by atoms with Crippen molar-refractivity contribution in [3.05, 3.63) is 0 Å². The van der Waals surface area contributed by atoms with Crippen molar-refractivity contribution in [1.29, 1.82) is 0 Å². The van der Waals surface area contributed by atoms with Gasteiger partial charge < -0.3 is 10.6 Å². The Kier molecular flexibility index (Phi) is 4.99. The summed E-state index contributed by atoms with van der Waals surface area (Å²) in [5.74, 6) is 0.832. The van der Waals surface area contributed by atoms with Crippen molar-refractivity contribution in [2.75, 3.05) is 6.54 Å². The van der Waals surface area contributed by atoms with Crippen LogP contribution in [0.3, 0.4) is 0 Å². The van der Waals surface area contributed by atoms with Gasteiger partial charge in [-0.3, -0.25) is 4.79 Å². The van der Waals surface area contributed by atoms with Gasteiger partial charge in [0, 0.05) is 12.6 Å². The van der Waals surface area contributed by atoms with Crippen molar-refractivity contribution < 1.29 is 4.79 Å². The summed E-state index contributed by atoms with van der Waals surface area (Å²) in [6.45, 7) is 11.6. The Morgan fingerprint density at radius 2 is 1.82 bits per heavy atom. The van der Waals surface area contributed by atoms with Crippen LogP contribution in [0.1, 0.15) is 53.9 Å². The molecule has 0 saturated heterocycles. The lowest BCUT2D eigenvalue weighted by atomic mass is 9.92. The summed E-state index contributed by atoms with van der Waals surface area (Å²) in [7, 11) is 0. The third-order valence-corrected chi connectivity index (χ3v) is 4.27. The van der Waals surface area contributed by atoms with E-state index in [-0.39, 0.29) is 18.0 Å². The zero-order chi connectivity index (χ0) is 13.1. The number of rotatable bonds is 7. The van der Waals surface area contributed by atoms with Crippen LogP contribution in [-0.2, 0) is 4.79 Å². The summed E-state index contributed by atoms with van der Waals surface area (Å²) < 4.78 is 0. The van der Waals surface area contributed by atoms with E-state index >= 15 is 0 Å². The van der Waals surface area contributed by atoms with Crippen LogP contribution in [0.5, 0.6) is 0 Å². The van der Waals surface area contributed by atoms with Crippen LogP contribution in [0.15, 0.2) is 0 Å². The second-order valence-electron chi connectivity index (χ2n) is 5.94. The average molecular weight is 240 g/mol. The molecule has 1 rings (SSSR count). The molecule has 0 aromatic heterocycles. The largest absolute Gasteiger partial charge is 0.352 e. The maximum atomic E-state index is 11.8. The number of hydrogen-bond acceptors (Lipinski definition) is 2. The maximum absolute atomic E-state index is 11.8. The molecule has 17 heavy (non-hydrogen) atoms. The first-order valence-corrected chi connectivity index (χ1v) is 6.95. The lowest BCUT2D eigenvalue weighted by Gasteiger charge is -2.23. The fourth-order valence-corrected chi connectivity index (χ4v) is 2.04. The molecule has 0 spiro atoms. The summed E-state index contributed by atoms with van der Waals surface area (Å²) in [6, 6.07) is 0.187. The average Bonchev–Trinajstić information content (AvgIpc) is 3.06. The molecule has 0 aromatic carbocycles. The Balaban J connectivity index is 2.29. The van der Waals surface area contributed by atoms with E-state index in [0.29, 0.717) is 11.3 Å². The Morgan fingerprint density at radius 1 is 1.24 bits per heavy atom. The zero-order valence-electron chi connectivity index (χ0n) is 12.0. The van der Waals surface area contributed by atoms with E-state index in [1.54, 1.807) is 0 Å². The molecule has 0 aromatic rings. The minimum absolute atomic E-state index is 0.0831. The molecule has 3 nitrogen and oxygen atoms in total. The van der Waals surface area contributed by atoms with Gasteiger partial charge in [0.25, 0.3) is 0 Å². The zero-order valence-corrected chi connectivity index (χ0v) is 12.0. The van der Waals surface area contributed by atoms with Crippen LogP contribution >= 0.6 is 0 Å². The summed E-state index contributed by atoms with van der Waals surface area (Å²) in [4.78, 5) is 11.8. The topological polar surface area (TPSA) is 41.1 Å². The highest BCUT2D eigenvalue weighted by Crippen LogP contribution is 2.51. The van der Waals surface area contributed by atoms with Crippen LogP contribution in [0.2, 0.25) is 0 Å². The van der Waals surface area contributed by atoms with Crippen molar-refractivity contribution in [2.24, 2.45) is 11.3 Å². The highest BCUT2D eigenvalue weighted by molar-refractivity contribution is 5.81. The predicted molar refractivity (Wildman–Crippen MR) is 71.9 cm³/mol. The molecule has 2 unspecified atom stereocenters. The number of nitrogens with one attached hydrogen (secondary N) is 2. The molecular formula is C14H28N2O. The highest BCUT2D eigenvalue weighted by Gasteiger charge is 2.45. The molecule has 0 bridgehead atoms. The van der Waals surface area contributed by atoms with E-state index in [1.807, 2.05) is 13.8 Å². The quantitative estimate of drug-likeness (QED) is 0.717. The smallest absolute Gasteiger partial charge is 0.237 e. The number of hydrogen-bond donors (Lipinski definition) is 2. The van der Waals surface area contributed by atoms with Gasteiger partial charge in [0.05, 0.1) is 6.04 Å². The predicted octanol–water partition coefficient (Wildman–Crippen LogP) is 2.32. The minimum Gasteiger partial charge on any atom is -0.352 e. The van der Waals surface area contributed by atoms with Gasteiger partial charge in [0.15, 0.2) is 0 Å². The molecule has 1 saturated carbocycles. The van der Waals surface area contributed by atoms with Crippen LogP contribution in [0.25, 0.3) is 0 Å². The lowest BCUT2D eigenvalue weighted by molar-refractivity contribution is -0.123. The van der Waals surface area contributed by atoms with Gasteiger partial charge in [-0.2, -0.15) is 0 Å². The van der Waals surface area contributed by atoms with Crippen LogP contribution in [-0.4, -0.2) is 24.5 Å². The van der Waals surface area contributed by atoms with Gasteiger partial charge in [0.2, 0.25) is 5.91 Å². The molecule has 100 valence electrons. The summed E-state index contributed by atoms with van der Waals surface area (Å²) in [5.41, 5.74) is 0.463. The fraction of sp³-hybridized carbons (Fsp3) is 0.929. The first kappa shape index (κ1) is 14.5. The van der Waals surface area contributed by atoms with Gasteiger partial charge in [0.1, 0.15) is 0 Å². The van der Waals surface area contributed by atoms with Gasteiger partial charge in [-0.05, 0) is 44.4 Å². The Hall–Kier alpha value is -0.570. The second kappa shape index (κ2) is 5.85. The van der Waals surface area contributed by atoms with E-state index in [9.17, 15) is 4.79 Å². The molecule has 3 heteroatoms. The van der Waals surface area contributed by atoms with E-state index in [0.717, 1.165) is 13.0 Å². The molecule has 1 amide bonds. The first-order valence-electron chi connectivity index (χ1n) is 6.95. The second-order valence-corrected chi connectivity index (χ2v) is 5.94. The molecule has 1 aliphatic rings. The van der Waals surface area contributed by atoms with Gasteiger partial charge in [-0.1, -0.05) is 20.8 Å². The summed E-state index contributed by atoms with van der Waals surface area (Å²) in [5, 5.41) is 6.40. The van der Waals surface area contributed by atoms with E-state index in [1.165, 1.54) is 12.8 Å². The lowest BCUT2D eigenvalue weighted by Crippen LogP contribution is -2.47. The monoisotopic (exact) mass is 240 g/mol. The van der Waals surface area contributed by atoms with E-state index < -0.39 is 0 Å². The summed E-state index contributed by atoms with van der Waals surface area (Å²) in [6.07, 6.45) is 3.59. The third-order valence-electron chi connectivity index (χ3n) is 4.27. The molecule has 0 aliphatic heterocycles. The standard InChI is InChI=1S/C14H28N2O/c1-6-11(4)16-13(17)12(5)15-9-14(7-8-14)10(2)3/h10-12,15H,6-9H2,1-5H3,(H,16,17). The minimum atomic E-state index is -0.0831. The highest BCUT2D eigenvalue weighted by atomic mass is 16.2. The van der Waals surface area contributed by atoms with Crippen LogP contribution in [0, 0.1) is 11.3 Å². The van der Waals surface area contributed by atoms with Gasteiger partial charge >= 0.3 is 0 Å².